The van der Waals surface area contributed by atoms with Gasteiger partial charge in [-0.1, -0.05) is 60.3 Å². The number of halogens is 1. The Hall–Kier alpha value is -3.38. The average Bonchev–Trinajstić information content (AvgIpc) is 3.50. The van der Waals surface area contributed by atoms with Crippen LogP contribution in [-0.4, -0.2) is 39.4 Å². The lowest BCUT2D eigenvalue weighted by Gasteiger charge is -2.23. The Morgan fingerprint density at radius 2 is 1.82 bits per heavy atom. The number of amides is 2. The summed E-state index contributed by atoms with van der Waals surface area (Å²) < 4.78 is 1.85. The van der Waals surface area contributed by atoms with Crippen molar-refractivity contribution in [1.82, 2.24) is 14.5 Å². The van der Waals surface area contributed by atoms with Crippen molar-refractivity contribution in [2.24, 2.45) is 5.92 Å². The van der Waals surface area contributed by atoms with E-state index >= 15 is 0 Å². The number of imidazole rings is 1. The molecule has 3 aromatic rings. The Kier molecular flexibility index (Phi) is 7.48. The lowest BCUT2D eigenvalue weighted by atomic mass is 10.1. The summed E-state index contributed by atoms with van der Waals surface area (Å²) >= 11 is 6.04. The molecule has 1 aliphatic rings. The molecule has 1 saturated carbocycles. The predicted molar refractivity (Wildman–Crippen MR) is 136 cm³/mol. The number of carbonyl (C=O) groups is 2. The van der Waals surface area contributed by atoms with Crippen LogP contribution >= 0.6 is 11.6 Å². The highest BCUT2D eigenvalue weighted by atomic mass is 35.5. The van der Waals surface area contributed by atoms with E-state index < -0.39 is 0 Å². The van der Waals surface area contributed by atoms with Gasteiger partial charge in [-0.2, -0.15) is 0 Å². The number of nitrogens with one attached hydrogen (secondary N) is 1. The smallest absolute Gasteiger partial charge is 0.246 e. The van der Waals surface area contributed by atoms with Crippen molar-refractivity contribution in [2.75, 3.05) is 18.4 Å². The van der Waals surface area contributed by atoms with Crippen molar-refractivity contribution in [3.8, 4) is 16.9 Å². The number of hydrogen-bond acceptors (Lipinski definition) is 3. The fourth-order valence-electron chi connectivity index (χ4n) is 4.29. The van der Waals surface area contributed by atoms with E-state index in [-0.39, 0.29) is 24.3 Å². The van der Waals surface area contributed by atoms with Gasteiger partial charge in [0, 0.05) is 34.9 Å². The predicted octanol–water partition coefficient (Wildman–Crippen LogP) is 5.64. The summed E-state index contributed by atoms with van der Waals surface area (Å²) in [5.41, 5.74) is 3.60. The number of rotatable bonds is 8. The first-order valence-electron chi connectivity index (χ1n) is 11.6. The zero-order valence-corrected chi connectivity index (χ0v) is 20.1. The van der Waals surface area contributed by atoms with Crippen LogP contribution < -0.4 is 5.32 Å². The summed E-state index contributed by atoms with van der Waals surface area (Å²) in [4.78, 5) is 32.2. The molecular formula is C27H29ClN4O2. The highest BCUT2D eigenvalue weighted by molar-refractivity contribution is 6.30. The fraction of sp³-hybridized carbons (Fsp3) is 0.296. The number of aryl methyl sites for hydroxylation is 1. The van der Waals surface area contributed by atoms with Crippen molar-refractivity contribution in [1.29, 1.82) is 0 Å². The second-order valence-corrected chi connectivity index (χ2v) is 9.14. The SMILES string of the molecule is C=CCN(CC(=O)Nc1nc(-c2ccc(Cl)cc2)cn1-c1ccc(C)cc1)C(=O)C1CCCC1. The third-order valence-corrected chi connectivity index (χ3v) is 6.36. The maximum atomic E-state index is 13.0. The Balaban J connectivity index is 1.59. The van der Waals surface area contributed by atoms with Crippen LogP contribution in [0.2, 0.25) is 5.02 Å². The molecular weight excluding hydrogens is 448 g/mol. The third kappa shape index (κ3) is 5.57. The zero-order valence-electron chi connectivity index (χ0n) is 19.3. The Morgan fingerprint density at radius 3 is 2.47 bits per heavy atom. The van der Waals surface area contributed by atoms with Crippen molar-refractivity contribution >= 4 is 29.4 Å². The molecule has 0 spiro atoms. The minimum Gasteiger partial charge on any atom is -0.329 e. The molecule has 176 valence electrons. The second kappa shape index (κ2) is 10.7. The monoisotopic (exact) mass is 476 g/mol. The van der Waals surface area contributed by atoms with Crippen molar-refractivity contribution in [3.05, 3.63) is 78.0 Å². The topological polar surface area (TPSA) is 67.2 Å². The van der Waals surface area contributed by atoms with E-state index in [9.17, 15) is 9.59 Å². The van der Waals surface area contributed by atoms with Crippen molar-refractivity contribution in [2.45, 2.75) is 32.6 Å². The molecule has 1 aliphatic carbocycles. The highest BCUT2D eigenvalue weighted by Crippen LogP contribution is 2.27. The van der Waals surface area contributed by atoms with Crippen LogP contribution in [-0.2, 0) is 9.59 Å². The number of aromatic nitrogens is 2. The zero-order chi connectivity index (χ0) is 24.1. The molecule has 0 saturated heterocycles. The molecule has 1 aromatic heterocycles. The van der Waals surface area contributed by atoms with Crippen LogP contribution in [0.3, 0.4) is 0 Å². The van der Waals surface area contributed by atoms with E-state index in [1.165, 1.54) is 0 Å². The minimum atomic E-state index is -0.296. The van der Waals surface area contributed by atoms with Crippen LogP contribution in [0.4, 0.5) is 5.95 Å². The van der Waals surface area contributed by atoms with Gasteiger partial charge >= 0.3 is 0 Å². The van der Waals surface area contributed by atoms with Gasteiger partial charge in [0.2, 0.25) is 17.8 Å². The number of benzene rings is 2. The lowest BCUT2D eigenvalue weighted by molar-refractivity contribution is -0.137. The lowest BCUT2D eigenvalue weighted by Crippen LogP contribution is -2.41. The minimum absolute atomic E-state index is 0.00111. The largest absolute Gasteiger partial charge is 0.329 e. The molecule has 0 bridgehead atoms. The van der Waals surface area contributed by atoms with Gasteiger partial charge in [0.15, 0.2) is 0 Å². The number of nitrogens with zero attached hydrogens (tertiary/aromatic N) is 3. The highest BCUT2D eigenvalue weighted by Gasteiger charge is 2.28. The quantitative estimate of drug-likeness (QED) is 0.427. The van der Waals surface area contributed by atoms with Crippen LogP contribution in [0.15, 0.2) is 67.4 Å². The van der Waals surface area contributed by atoms with Gasteiger partial charge in [0.05, 0.1) is 5.69 Å². The summed E-state index contributed by atoms with van der Waals surface area (Å²) in [7, 11) is 0. The maximum absolute atomic E-state index is 13.0. The fourth-order valence-corrected chi connectivity index (χ4v) is 4.41. The van der Waals surface area contributed by atoms with Crippen molar-refractivity contribution in [3.63, 3.8) is 0 Å². The van der Waals surface area contributed by atoms with E-state index in [0.717, 1.165) is 42.5 Å². The first kappa shape index (κ1) is 23.8. The second-order valence-electron chi connectivity index (χ2n) is 8.70. The van der Waals surface area contributed by atoms with E-state index in [1.54, 1.807) is 11.0 Å². The van der Waals surface area contributed by atoms with Gasteiger partial charge in [-0.15, -0.1) is 6.58 Å². The molecule has 2 aromatic carbocycles. The van der Waals surface area contributed by atoms with Crippen molar-refractivity contribution < 1.29 is 9.59 Å². The Morgan fingerprint density at radius 1 is 1.15 bits per heavy atom. The normalized spacial score (nSPS) is 13.6. The maximum Gasteiger partial charge on any atom is 0.246 e. The van der Waals surface area contributed by atoms with Crippen LogP contribution in [0, 0.1) is 12.8 Å². The van der Waals surface area contributed by atoms with Gasteiger partial charge < -0.3 is 4.90 Å². The van der Waals surface area contributed by atoms with Gasteiger partial charge in [0.1, 0.15) is 6.54 Å². The number of carbonyl (C=O) groups excluding carboxylic acids is 2. The van der Waals surface area contributed by atoms with Gasteiger partial charge in [-0.05, 0) is 44.0 Å². The Labute approximate surface area is 205 Å². The average molecular weight is 477 g/mol. The van der Waals surface area contributed by atoms with Crippen LogP contribution in [0.5, 0.6) is 0 Å². The molecule has 7 heteroatoms. The standard InChI is InChI=1S/C27H29ClN4O2/c1-3-16-31(26(34)21-6-4-5-7-21)18-25(33)30-27-29-24(20-10-12-22(28)13-11-20)17-32(27)23-14-8-19(2)9-15-23/h3,8-15,17,21H,1,4-7,16,18H2,2H3,(H,29,30,33). The van der Waals surface area contributed by atoms with Crippen LogP contribution in [0.25, 0.3) is 16.9 Å². The van der Waals surface area contributed by atoms with Crippen LogP contribution in [0.1, 0.15) is 31.2 Å². The van der Waals surface area contributed by atoms with Gasteiger partial charge in [0.25, 0.3) is 0 Å². The number of anilines is 1. The van der Waals surface area contributed by atoms with E-state index in [2.05, 4.69) is 16.9 Å². The molecule has 34 heavy (non-hydrogen) atoms. The molecule has 0 unspecified atom stereocenters. The first-order chi connectivity index (χ1) is 16.4. The molecule has 1 fully saturated rings. The molecule has 6 nitrogen and oxygen atoms in total. The molecule has 4 rings (SSSR count). The molecule has 0 aliphatic heterocycles. The molecule has 1 heterocycles. The summed E-state index contributed by atoms with van der Waals surface area (Å²) in [6, 6.07) is 15.4. The van der Waals surface area contributed by atoms with E-state index in [1.807, 2.05) is 66.2 Å². The third-order valence-electron chi connectivity index (χ3n) is 6.11. The molecule has 2 amide bonds. The van der Waals surface area contributed by atoms with Gasteiger partial charge in [-0.3, -0.25) is 19.5 Å². The Bertz CT molecular complexity index is 1160. The summed E-state index contributed by atoms with van der Waals surface area (Å²) in [5, 5.41) is 3.56. The summed E-state index contributed by atoms with van der Waals surface area (Å²) in [6.45, 7) is 6.07. The summed E-state index contributed by atoms with van der Waals surface area (Å²) in [5.74, 6) is 0.121. The van der Waals surface area contributed by atoms with Gasteiger partial charge in [-0.25, -0.2) is 4.98 Å². The number of hydrogen-bond donors (Lipinski definition) is 1. The van der Waals surface area contributed by atoms with E-state index in [4.69, 9.17) is 11.6 Å². The van der Waals surface area contributed by atoms with E-state index in [0.29, 0.717) is 23.2 Å². The molecule has 1 N–H and O–H groups in total. The first-order valence-corrected chi connectivity index (χ1v) is 11.9. The molecule has 0 atom stereocenters. The summed E-state index contributed by atoms with van der Waals surface area (Å²) in [6.07, 6.45) is 7.44. The molecule has 0 radical (unpaired) electrons.